The van der Waals surface area contributed by atoms with E-state index in [0.29, 0.717) is 18.2 Å². The van der Waals surface area contributed by atoms with Crippen molar-refractivity contribution in [2.75, 3.05) is 32.8 Å². The first-order valence-corrected chi connectivity index (χ1v) is 8.55. The Morgan fingerprint density at radius 1 is 1.33 bits per heavy atom. The summed E-state index contributed by atoms with van der Waals surface area (Å²) in [6, 6.07) is 5.57. The molecule has 120 valence electrons. The van der Waals surface area contributed by atoms with Crippen molar-refractivity contribution >= 4 is 27.5 Å². The van der Waals surface area contributed by atoms with E-state index in [1.54, 1.807) is 0 Å². The van der Waals surface area contributed by atoms with Gasteiger partial charge in [-0.15, -0.1) is 0 Å². The maximum absolute atomic E-state index is 5.93. The number of rotatable bonds is 9. The molecule has 21 heavy (non-hydrogen) atoms. The number of nitrogens with two attached hydrogens (primary N) is 1. The Bertz CT molecular complexity index is 440. The van der Waals surface area contributed by atoms with Crippen molar-refractivity contribution in [2.45, 2.75) is 27.2 Å². The van der Waals surface area contributed by atoms with Crippen molar-refractivity contribution in [3.8, 4) is 5.75 Å². The van der Waals surface area contributed by atoms with Gasteiger partial charge in [-0.1, -0.05) is 32.4 Å². The second-order valence-electron chi connectivity index (χ2n) is 6.07. The molecule has 0 spiro atoms. The molecule has 0 fully saturated rings. The summed E-state index contributed by atoms with van der Waals surface area (Å²) in [5.74, 6) is 0.828. The topological polar surface area (TPSA) is 38.5 Å². The van der Waals surface area contributed by atoms with Gasteiger partial charge < -0.3 is 10.5 Å². The van der Waals surface area contributed by atoms with Crippen LogP contribution in [0.5, 0.6) is 5.75 Å². The first-order chi connectivity index (χ1) is 9.88. The molecule has 0 atom stereocenters. The first kappa shape index (κ1) is 18.8. The Balaban J connectivity index is 2.49. The van der Waals surface area contributed by atoms with Gasteiger partial charge in [0.05, 0.1) is 4.47 Å². The number of hydrogen-bond donors (Lipinski definition) is 1. The summed E-state index contributed by atoms with van der Waals surface area (Å²) in [4.78, 5) is 2.41. The van der Waals surface area contributed by atoms with Crippen molar-refractivity contribution in [3.05, 3.63) is 27.7 Å². The summed E-state index contributed by atoms with van der Waals surface area (Å²) in [6.07, 6.45) is 1.13. The van der Waals surface area contributed by atoms with Crippen LogP contribution in [0.2, 0.25) is 5.02 Å². The summed E-state index contributed by atoms with van der Waals surface area (Å²) in [5.41, 5.74) is 5.96. The number of benzene rings is 1. The van der Waals surface area contributed by atoms with E-state index in [2.05, 4.69) is 41.6 Å². The number of ether oxygens (including phenoxy) is 1. The molecule has 0 aromatic heterocycles. The highest BCUT2D eigenvalue weighted by atomic mass is 79.9. The largest absolute Gasteiger partial charge is 0.491 e. The quantitative estimate of drug-likeness (QED) is 0.701. The molecule has 1 aromatic carbocycles. The van der Waals surface area contributed by atoms with E-state index in [0.717, 1.165) is 36.3 Å². The number of nitrogens with zero attached hydrogens (tertiary/aromatic N) is 1. The highest BCUT2D eigenvalue weighted by molar-refractivity contribution is 9.10. The van der Waals surface area contributed by atoms with E-state index in [-0.39, 0.29) is 5.41 Å². The third-order valence-electron chi connectivity index (χ3n) is 3.30. The second kappa shape index (κ2) is 8.99. The minimum atomic E-state index is 0.135. The van der Waals surface area contributed by atoms with Crippen LogP contribution in [-0.2, 0) is 0 Å². The Labute approximate surface area is 141 Å². The predicted molar refractivity (Wildman–Crippen MR) is 94.2 cm³/mol. The van der Waals surface area contributed by atoms with Gasteiger partial charge in [0.15, 0.2) is 0 Å². The Morgan fingerprint density at radius 2 is 2.05 bits per heavy atom. The first-order valence-electron chi connectivity index (χ1n) is 7.38. The lowest BCUT2D eigenvalue weighted by atomic mass is 9.93. The molecule has 5 heteroatoms. The van der Waals surface area contributed by atoms with Crippen molar-refractivity contribution < 1.29 is 4.74 Å². The minimum absolute atomic E-state index is 0.135. The van der Waals surface area contributed by atoms with Crippen LogP contribution in [0.15, 0.2) is 22.7 Å². The van der Waals surface area contributed by atoms with Crippen molar-refractivity contribution in [1.82, 2.24) is 4.90 Å². The van der Waals surface area contributed by atoms with Gasteiger partial charge in [-0.05, 0) is 59.1 Å². The monoisotopic (exact) mass is 376 g/mol. The molecule has 0 bridgehead atoms. The fraction of sp³-hybridized carbons (Fsp3) is 0.625. The molecule has 0 unspecified atom stereocenters. The van der Waals surface area contributed by atoms with Crippen LogP contribution >= 0.6 is 27.5 Å². The molecule has 1 rings (SSSR count). The van der Waals surface area contributed by atoms with E-state index in [9.17, 15) is 0 Å². The average molecular weight is 378 g/mol. The van der Waals surface area contributed by atoms with Gasteiger partial charge in [0.1, 0.15) is 12.4 Å². The number of halogens is 2. The molecule has 0 aliphatic carbocycles. The SMILES string of the molecule is CCCN(CCOc1ccc(Cl)cc1Br)CC(C)(C)CN. The summed E-state index contributed by atoms with van der Waals surface area (Å²) in [6.45, 7) is 10.9. The van der Waals surface area contributed by atoms with E-state index in [1.165, 1.54) is 0 Å². The summed E-state index contributed by atoms with van der Waals surface area (Å²) < 4.78 is 6.73. The molecule has 0 aliphatic rings. The third-order valence-corrected chi connectivity index (χ3v) is 4.16. The second-order valence-corrected chi connectivity index (χ2v) is 7.36. The van der Waals surface area contributed by atoms with Crippen LogP contribution in [-0.4, -0.2) is 37.7 Å². The van der Waals surface area contributed by atoms with Crippen LogP contribution in [0.3, 0.4) is 0 Å². The Morgan fingerprint density at radius 3 is 2.62 bits per heavy atom. The average Bonchev–Trinajstić information content (AvgIpc) is 2.41. The number of hydrogen-bond acceptors (Lipinski definition) is 3. The maximum Gasteiger partial charge on any atom is 0.133 e. The van der Waals surface area contributed by atoms with E-state index in [1.807, 2.05) is 18.2 Å². The summed E-state index contributed by atoms with van der Waals surface area (Å²) >= 11 is 9.39. The molecule has 0 aliphatic heterocycles. The van der Waals surface area contributed by atoms with E-state index >= 15 is 0 Å². The van der Waals surface area contributed by atoms with Gasteiger partial charge in [-0.25, -0.2) is 0 Å². The van der Waals surface area contributed by atoms with Gasteiger partial charge in [0.2, 0.25) is 0 Å². The maximum atomic E-state index is 5.93. The lowest BCUT2D eigenvalue weighted by molar-refractivity contribution is 0.154. The molecule has 0 heterocycles. The normalized spacial score (nSPS) is 12.0. The molecule has 0 radical (unpaired) electrons. The smallest absolute Gasteiger partial charge is 0.133 e. The van der Waals surface area contributed by atoms with Crippen LogP contribution in [0.1, 0.15) is 27.2 Å². The van der Waals surface area contributed by atoms with Gasteiger partial charge in [-0.2, -0.15) is 0 Å². The minimum Gasteiger partial charge on any atom is -0.491 e. The predicted octanol–water partition coefficient (Wildman–Crippen LogP) is 4.18. The van der Waals surface area contributed by atoms with Crippen molar-refractivity contribution in [3.63, 3.8) is 0 Å². The van der Waals surface area contributed by atoms with E-state index < -0.39 is 0 Å². The highest BCUT2D eigenvalue weighted by Gasteiger charge is 2.19. The van der Waals surface area contributed by atoms with Crippen molar-refractivity contribution in [2.24, 2.45) is 11.1 Å². The molecule has 1 aromatic rings. The van der Waals surface area contributed by atoms with Crippen LogP contribution in [0, 0.1) is 5.41 Å². The zero-order chi connectivity index (χ0) is 15.9. The molecule has 0 saturated heterocycles. The lowest BCUT2D eigenvalue weighted by Crippen LogP contribution is -2.40. The van der Waals surface area contributed by atoms with Crippen molar-refractivity contribution in [1.29, 1.82) is 0 Å². The molecule has 2 N–H and O–H groups in total. The Kier molecular flexibility index (Phi) is 8.03. The molecule has 3 nitrogen and oxygen atoms in total. The Hall–Kier alpha value is -0.290. The lowest BCUT2D eigenvalue weighted by Gasteiger charge is -2.31. The fourth-order valence-electron chi connectivity index (χ4n) is 2.13. The fourth-order valence-corrected chi connectivity index (χ4v) is 2.93. The zero-order valence-corrected chi connectivity index (χ0v) is 15.5. The molecular weight excluding hydrogens is 352 g/mol. The summed E-state index contributed by atoms with van der Waals surface area (Å²) in [7, 11) is 0. The van der Waals surface area contributed by atoms with Crippen LogP contribution in [0.4, 0.5) is 0 Å². The molecule has 0 saturated carbocycles. The molecular formula is C16H26BrClN2O. The van der Waals surface area contributed by atoms with Gasteiger partial charge in [0.25, 0.3) is 0 Å². The summed E-state index contributed by atoms with van der Waals surface area (Å²) in [5, 5.41) is 0.700. The van der Waals surface area contributed by atoms with Gasteiger partial charge >= 0.3 is 0 Å². The van der Waals surface area contributed by atoms with Gasteiger partial charge in [0, 0.05) is 18.1 Å². The third kappa shape index (κ3) is 7.00. The standard InChI is InChI=1S/C16H26BrClN2O/c1-4-7-20(12-16(2,3)11-19)8-9-21-15-6-5-13(18)10-14(15)17/h5-6,10H,4,7-9,11-12,19H2,1-3H3. The van der Waals surface area contributed by atoms with E-state index in [4.69, 9.17) is 22.1 Å². The van der Waals surface area contributed by atoms with Crippen LogP contribution < -0.4 is 10.5 Å². The highest BCUT2D eigenvalue weighted by Crippen LogP contribution is 2.28. The molecule has 0 amide bonds. The van der Waals surface area contributed by atoms with Crippen LogP contribution in [0.25, 0.3) is 0 Å². The van der Waals surface area contributed by atoms with Gasteiger partial charge in [-0.3, -0.25) is 4.90 Å². The zero-order valence-electron chi connectivity index (χ0n) is 13.2.